The van der Waals surface area contributed by atoms with E-state index in [1.54, 1.807) is 24.3 Å². The molecule has 0 spiro atoms. The second kappa shape index (κ2) is 9.89. The summed E-state index contributed by atoms with van der Waals surface area (Å²) in [6.45, 7) is 2.89. The average Bonchev–Trinajstić information content (AvgIpc) is 2.67. The first-order chi connectivity index (χ1) is 13.3. The molecule has 148 valence electrons. The van der Waals surface area contributed by atoms with Gasteiger partial charge >= 0.3 is 0 Å². The van der Waals surface area contributed by atoms with E-state index in [9.17, 15) is 14.4 Å². The van der Waals surface area contributed by atoms with Crippen molar-refractivity contribution in [3.8, 4) is 11.5 Å². The molecule has 0 aliphatic carbocycles. The number of carbonyl (C=O) groups is 3. The lowest BCUT2D eigenvalue weighted by molar-refractivity contribution is -0.125. The van der Waals surface area contributed by atoms with Crippen LogP contribution in [0.4, 0.5) is 5.69 Å². The van der Waals surface area contributed by atoms with Gasteiger partial charge in [-0.05, 0) is 55.8 Å². The minimum absolute atomic E-state index is 0.102. The Kier molecular flexibility index (Phi) is 7.57. The van der Waals surface area contributed by atoms with Crippen LogP contribution in [0.15, 0.2) is 40.9 Å². The largest absolute Gasteiger partial charge is 0.493 e. The van der Waals surface area contributed by atoms with Crippen LogP contribution in [0.5, 0.6) is 11.5 Å². The third-order valence-electron chi connectivity index (χ3n) is 3.82. The monoisotopic (exact) mass is 448 g/mol. The summed E-state index contributed by atoms with van der Waals surface area (Å²) in [5.41, 5.74) is 2.11. The van der Waals surface area contributed by atoms with Crippen LogP contribution in [0.25, 0.3) is 0 Å². The molecule has 2 rings (SSSR count). The van der Waals surface area contributed by atoms with Crippen LogP contribution < -0.4 is 20.1 Å². The van der Waals surface area contributed by atoms with Crippen molar-refractivity contribution in [2.24, 2.45) is 0 Å². The van der Waals surface area contributed by atoms with Crippen molar-refractivity contribution >= 4 is 39.2 Å². The Balaban J connectivity index is 1.83. The summed E-state index contributed by atoms with van der Waals surface area (Å²) in [5, 5.41) is 5.19. The van der Waals surface area contributed by atoms with Gasteiger partial charge in [0.15, 0.2) is 23.9 Å². The van der Waals surface area contributed by atoms with E-state index in [1.165, 1.54) is 14.0 Å². The third-order valence-corrected chi connectivity index (χ3v) is 4.71. The molecule has 0 aliphatic rings. The predicted molar refractivity (Wildman–Crippen MR) is 109 cm³/mol. The molecule has 2 aromatic rings. The fraction of sp³-hybridized carbons (Fsp3) is 0.250. The highest BCUT2D eigenvalue weighted by atomic mass is 79.9. The molecular formula is C20H21BrN2O5. The zero-order chi connectivity index (χ0) is 20.7. The minimum Gasteiger partial charge on any atom is -0.493 e. The number of ketones is 1. The van der Waals surface area contributed by atoms with Crippen LogP contribution in [-0.2, 0) is 9.59 Å². The van der Waals surface area contributed by atoms with Crippen LogP contribution in [0.1, 0.15) is 22.8 Å². The first-order valence-electron chi connectivity index (χ1n) is 8.44. The van der Waals surface area contributed by atoms with E-state index in [1.807, 2.05) is 19.1 Å². The van der Waals surface area contributed by atoms with E-state index in [2.05, 4.69) is 26.6 Å². The normalized spacial score (nSPS) is 10.1. The molecule has 28 heavy (non-hydrogen) atoms. The standard InChI is InChI=1S/C20H21BrN2O5/c1-12-8-15(5-6-16(12)21)23-19(25)10-22-20(26)11-28-17-7-4-14(13(2)24)9-18(17)27-3/h4-9H,10-11H2,1-3H3,(H,22,26)(H,23,25). The SMILES string of the molecule is COc1cc(C(C)=O)ccc1OCC(=O)NCC(=O)Nc1ccc(Br)c(C)c1. The van der Waals surface area contributed by atoms with Crippen LogP contribution in [0.3, 0.4) is 0 Å². The van der Waals surface area contributed by atoms with Gasteiger partial charge in [0, 0.05) is 15.7 Å². The zero-order valence-corrected chi connectivity index (χ0v) is 17.4. The number of nitrogens with one attached hydrogen (secondary N) is 2. The fourth-order valence-electron chi connectivity index (χ4n) is 2.31. The Labute approximate surface area is 171 Å². The lowest BCUT2D eigenvalue weighted by Gasteiger charge is -2.12. The molecule has 0 saturated carbocycles. The van der Waals surface area contributed by atoms with Crippen LogP contribution in [0, 0.1) is 6.92 Å². The maximum atomic E-state index is 12.0. The number of amides is 2. The molecule has 0 heterocycles. The molecular weight excluding hydrogens is 428 g/mol. The second-order valence-electron chi connectivity index (χ2n) is 6.00. The topological polar surface area (TPSA) is 93.7 Å². The molecule has 2 aromatic carbocycles. The Morgan fingerprint density at radius 2 is 1.79 bits per heavy atom. The van der Waals surface area contributed by atoms with Crippen molar-refractivity contribution in [3.63, 3.8) is 0 Å². The smallest absolute Gasteiger partial charge is 0.258 e. The maximum absolute atomic E-state index is 12.0. The van der Waals surface area contributed by atoms with Gasteiger partial charge in [0.2, 0.25) is 5.91 Å². The summed E-state index contributed by atoms with van der Waals surface area (Å²) in [5.74, 6) is -0.228. The first kappa shape index (κ1) is 21.4. The number of halogens is 1. The van der Waals surface area contributed by atoms with E-state index in [0.717, 1.165) is 10.0 Å². The Bertz CT molecular complexity index is 898. The highest BCUT2D eigenvalue weighted by Crippen LogP contribution is 2.28. The van der Waals surface area contributed by atoms with Crippen molar-refractivity contribution < 1.29 is 23.9 Å². The van der Waals surface area contributed by atoms with Crippen molar-refractivity contribution in [2.75, 3.05) is 25.6 Å². The predicted octanol–water partition coefficient (Wildman–Crippen LogP) is 3.10. The Hall–Kier alpha value is -2.87. The van der Waals surface area contributed by atoms with Crippen molar-refractivity contribution in [3.05, 3.63) is 52.0 Å². The summed E-state index contributed by atoms with van der Waals surface area (Å²) in [7, 11) is 1.44. The first-order valence-corrected chi connectivity index (χ1v) is 9.24. The molecule has 8 heteroatoms. The zero-order valence-electron chi connectivity index (χ0n) is 15.8. The van der Waals surface area contributed by atoms with E-state index < -0.39 is 5.91 Å². The third kappa shape index (κ3) is 6.09. The maximum Gasteiger partial charge on any atom is 0.258 e. The van der Waals surface area contributed by atoms with Gasteiger partial charge in [-0.3, -0.25) is 14.4 Å². The van der Waals surface area contributed by atoms with Gasteiger partial charge in [0.25, 0.3) is 5.91 Å². The van der Waals surface area contributed by atoms with Crippen LogP contribution in [-0.4, -0.2) is 37.9 Å². The molecule has 0 atom stereocenters. The van der Waals surface area contributed by atoms with Crippen molar-refractivity contribution in [1.29, 1.82) is 0 Å². The fourth-order valence-corrected chi connectivity index (χ4v) is 2.55. The summed E-state index contributed by atoms with van der Waals surface area (Å²) in [6.07, 6.45) is 0. The molecule has 0 unspecified atom stereocenters. The molecule has 0 aromatic heterocycles. The molecule has 0 aliphatic heterocycles. The minimum atomic E-state index is -0.458. The molecule has 7 nitrogen and oxygen atoms in total. The van der Waals surface area contributed by atoms with Crippen molar-refractivity contribution in [1.82, 2.24) is 5.32 Å². The summed E-state index contributed by atoms with van der Waals surface area (Å²) >= 11 is 3.39. The number of hydrogen-bond donors (Lipinski definition) is 2. The second-order valence-corrected chi connectivity index (χ2v) is 6.85. The highest BCUT2D eigenvalue weighted by Gasteiger charge is 2.11. The number of anilines is 1. The lowest BCUT2D eigenvalue weighted by atomic mass is 10.1. The summed E-state index contributed by atoms with van der Waals surface area (Å²) in [6, 6.07) is 10.1. The van der Waals surface area contributed by atoms with Gasteiger partial charge in [-0.2, -0.15) is 0 Å². The van der Waals surface area contributed by atoms with E-state index in [4.69, 9.17) is 9.47 Å². The van der Waals surface area contributed by atoms with Crippen LogP contribution >= 0.6 is 15.9 Å². The quantitative estimate of drug-likeness (QED) is 0.605. The number of aryl methyl sites for hydroxylation is 1. The van der Waals surface area contributed by atoms with Crippen LogP contribution in [0.2, 0.25) is 0 Å². The van der Waals surface area contributed by atoms with E-state index in [-0.39, 0.29) is 24.8 Å². The average molecular weight is 449 g/mol. The highest BCUT2D eigenvalue weighted by molar-refractivity contribution is 9.10. The summed E-state index contributed by atoms with van der Waals surface area (Å²) in [4.78, 5) is 35.3. The number of hydrogen-bond acceptors (Lipinski definition) is 5. The number of ether oxygens (including phenoxy) is 2. The van der Waals surface area contributed by atoms with Crippen molar-refractivity contribution in [2.45, 2.75) is 13.8 Å². The summed E-state index contributed by atoms with van der Waals surface area (Å²) < 4.78 is 11.5. The number of benzene rings is 2. The number of Topliss-reactive ketones (excluding diaryl/α,β-unsaturated/α-hetero) is 1. The van der Waals surface area contributed by atoms with Gasteiger partial charge in [-0.1, -0.05) is 15.9 Å². The lowest BCUT2D eigenvalue weighted by Crippen LogP contribution is -2.35. The molecule has 0 saturated heterocycles. The Morgan fingerprint density at radius 1 is 1.04 bits per heavy atom. The van der Waals surface area contributed by atoms with E-state index in [0.29, 0.717) is 22.7 Å². The van der Waals surface area contributed by atoms with Gasteiger partial charge < -0.3 is 20.1 Å². The number of rotatable bonds is 8. The van der Waals surface area contributed by atoms with Gasteiger partial charge in [-0.15, -0.1) is 0 Å². The molecule has 0 fully saturated rings. The van der Waals surface area contributed by atoms with Gasteiger partial charge in [0.05, 0.1) is 13.7 Å². The number of methoxy groups -OCH3 is 1. The molecule has 0 bridgehead atoms. The molecule has 2 amide bonds. The number of carbonyl (C=O) groups excluding carboxylic acids is 3. The Morgan fingerprint density at radius 3 is 2.43 bits per heavy atom. The molecule has 2 N–H and O–H groups in total. The van der Waals surface area contributed by atoms with Gasteiger partial charge in [0.1, 0.15) is 0 Å². The van der Waals surface area contributed by atoms with E-state index >= 15 is 0 Å². The van der Waals surface area contributed by atoms with Gasteiger partial charge in [-0.25, -0.2) is 0 Å². The molecule has 0 radical (unpaired) electrons.